The molecule has 2 heteroatoms. The van der Waals surface area contributed by atoms with Gasteiger partial charge in [-0.1, -0.05) is 33.6 Å². The molecule has 0 aromatic carbocycles. The minimum Gasteiger partial charge on any atom is -0.512 e. The van der Waals surface area contributed by atoms with Gasteiger partial charge in [0.2, 0.25) is 0 Å². The van der Waals surface area contributed by atoms with E-state index >= 15 is 0 Å². The molecule has 0 saturated heterocycles. The smallest absolute Gasteiger partial charge is 0.369 e. The topological polar surface area (TPSA) is 9.23 Å². The molecule has 0 saturated carbocycles. The molecule has 0 heterocycles. The Kier molecular flexibility index (Phi) is 6.33. The average Bonchev–Trinajstić information content (AvgIpc) is 2.04. The molecule has 0 aromatic heterocycles. The van der Waals surface area contributed by atoms with Crippen LogP contribution in [0, 0.1) is 0 Å². The van der Waals surface area contributed by atoms with Gasteiger partial charge in [-0.15, -0.1) is 0 Å². The first-order valence-corrected chi connectivity index (χ1v) is 5.09. The van der Waals surface area contributed by atoms with E-state index in [1.165, 1.54) is 25.7 Å². The molecular weight excluding hydrogens is 151 g/mol. The van der Waals surface area contributed by atoms with E-state index in [2.05, 4.69) is 37.4 Å². The summed E-state index contributed by atoms with van der Waals surface area (Å²) in [7, 11) is 0. The summed E-state index contributed by atoms with van der Waals surface area (Å²) in [4.78, 5) is 0. The van der Waals surface area contributed by atoms with E-state index < -0.39 is 0 Å². The zero-order chi connectivity index (χ0) is 8.74. The van der Waals surface area contributed by atoms with Crippen LogP contribution in [0.2, 0.25) is 0 Å². The quantitative estimate of drug-likeness (QED) is 0.557. The fraction of sp³-hybridized carbons (Fsp3) is 1.00. The predicted molar refractivity (Wildman–Crippen MR) is 49.7 cm³/mol. The van der Waals surface area contributed by atoms with E-state index in [9.17, 15) is 0 Å². The van der Waals surface area contributed by atoms with Gasteiger partial charge >= 0.3 is 16.6 Å². The predicted octanol–water partition coefficient (Wildman–Crippen LogP) is 2.84. The van der Waals surface area contributed by atoms with Crippen LogP contribution < -0.4 is 0 Å². The lowest BCUT2D eigenvalue weighted by Gasteiger charge is -2.33. The maximum atomic E-state index is 5.48. The van der Waals surface area contributed by atoms with Gasteiger partial charge in [0.25, 0.3) is 0 Å². The molecular formula is C9H19AlO. The third-order valence-corrected chi connectivity index (χ3v) is 2.81. The Morgan fingerprint density at radius 3 is 1.73 bits per heavy atom. The Bertz CT molecular complexity index is 81.6. The Morgan fingerprint density at radius 1 is 1.09 bits per heavy atom. The van der Waals surface area contributed by atoms with Crippen molar-refractivity contribution in [1.82, 2.24) is 0 Å². The van der Waals surface area contributed by atoms with Crippen molar-refractivity contribution in [3.8, 4) is 0 Å². The number of hydrogen-bond acceptors (Lipinski definition) is 1. The molecule has 0 aliphatic rings. The van der Waals surface area contributed by atoms with Crippen molar-refractivity contribution in [1.29, 1.82) is 0 Å². The lowest BCUT2D eigenvalue weighted by molar-refractivity contribution is 0.0544. The highest BCUT2D eigenvalue weighted by Crippen LogP contribution is 2.26. The minimum atomic E-state index is 0.147. The second kappa shape index (κ2) is 6.06. The van der Waals surface area contributed by atoms with Gasteiger partial charge in [0.05, 0.1) is 0 Å². The van der Waals surface area contributed by atoms with Crippen LogP contribution in [0.25, 0.3) is 0 Å². The molecule has 0 bridgehead atoms. The second-order valence-corrected chi connectivity index (χ2v) is 3.39. The molecule has 1 nitrogen and oxygen atoms in total. The fourth-order valence-corrected chi connectivity index (χ4v) is 1.99. The third kappa shape index (κ3) is 3.60. The molecule has 2 radical (unpaired) electrons. The van der Waals surface area contributed by atoms with Crippen molar-refractivity contribution in [3.63, 3.8) is 0 Å². The van der Waals surface area contributed by atoms with E-state index in [1.54, 1.807) is 0 Å². The van der Waals surface area contributed by atoms with Gasteiger partial charge < -0.3 is 3.79 Å². The van der Waals surface area contributed by atoms with Crippen molar-refractivity contribution in [3.05, 3.63) is 0 Å². The standard InChI is InChI=1S/C9H19O.Al/c1-4-7-9(10,6-3)8-5-2;/h4-8H2,1-3H3;/q-1;+1. The van der Waals surface area contributed by atoms with Crippen LogP contribution in [-0.4, -0.2) is 22.2 Å². The van der Waals surface area contributed by atoms with Crippen LogP contribution in [-0.2, 0) is 3.79 Å². The second-order valence-electron chi connectivity index (χ2n) is 3.15. The van der Waals surface area contributed by atoms with Gasteiger partial charge in [-0.3, -0.25) is 0 Å². The maximum Gasteiger partial charge on any atom is 0.369 e. The van der Waals surface area contributed by atoms with Gasteiger partial charge in [-0.05, 0) is 19.3 Å². The Labute approximate surface area is 79.3 Å². The summed E-state index contributed by atoms with van der Waals surface area (Å²) in [6.45, 7) is 6.63. The molecule has 0 aliphatic heterocycles. The summed E-state index contributed by atoms with van der Waals surface area (Å²) < 4.78 is 5.48. The zero-order valence-corrected chi connectivity index (χ0v) is 9.18. The molecule has 0 unspecified atom stereocenters. The van der Waals surface area contributed by atoms with Crippen LogP contribution in [0.4, 0.5) is 0 Å². The summed E-state index contributed by atoms with van der Waals surface area (Å²) in [6.07, 6.45) is 5.91. The van der Waals surface area contributed by atoms with Gasteiger partial charge in [0.1, 0.15) is 0 Å². The van der Waals surface area contributed by atoms with Crippen molar-refractivity contribution < 1.29 is 3.79 Å². The SMILES string of the molecule is CCCC(CC)(CCC)[O][Al]. The lowest BCUT2D eigenvalue weighted by Crippen LogP contribution is -2.30. The fourth-order valence-electron chi connectivity index (χ4n) is 1.59. The van der Waals surface area contributed by atoms with Crippen LogP contribution >= 0.6 is 0 Å². The summed E-state index contributed by atoms with van der Waals surface area (Å²) in [5.74, 6) is 0. The van der Waals surface area contributed by atoms with E-state index in [0.29, 0.717) is 0 Å². The molecule has 0 aromatic rings. The minimum absolute atomic E-state index is 0.147. The Hall–Kier alpha value is 0.492. The molecule has 0 amide bonds. The lowest BCUT2D eigenvalue weighted by atomic mass is 9.90. The van der Waals surface area contributed by atoms with Gasteiger partial charge in [0, 0.05) is 5.60 Å². The third-order valence-electron chi connectivity index (χ3n) is 2.31. The highest BCUT2D eigenvalue weighted by molar-refractivity contribution is 5.98. The van der Waals surface area contributed by atoms with Crippen molar-refractivity contribution in [2.24, 2.45) is 0 Å². The highest BCUT2D eigenvalue weighted by Gasteiger charge is 2.22. The van der Waals surface area contributed by atoms with Crippen LogP contribution in [0.15, 0.2) is 0 Å². The van der Waals surface area contributed by atoms with E-state index in [4.69, 9.17) is 3.79 Å². The van der Waals surface area contributed by atoms with E-state index in [-0.39, 0.29) is 5.60 Å². The summed E-state index contributed by atoms with van der Waals surface area (Å²) >= 11 is 2.42. The number of hydrogen-bond donors (Lipinski definition) is 0. The van der Waals surface area contributed by atoms with Crippen molar-refractivity contribution >= 4 is 16.6 Å². The van der Waals surface area contributed by atoms with Gasteiger partial charge in [-0.2, -0.15) is 0 Å². The summed E-state index contributed by atoms with van der Waals surface area (Å²) in [6, 6.07) is 0. The average molecular weight is 170 g/mol. The first-order chi connectivity index (χ1) is 5.24. The molecule has 0 fully saturated rings. The molecule has 0 atom stereocenters. The largest absolute Gasteiger partial charge is 0.512 e. The van der Waals surface area contributed by atoms with Crippen LogP contribution in [0.1, 0.15) is 52.9 Å². The summed E-state index contributed by atoms with van der Waals surface area (Å²) in [5.41, 5.74) is 0.147. The molecule has 64 valence electrons. The highest BCUT2D eigenvalue weighted by atomic mass is 27.1. The van der Waals surface area contributed by atoms with Crippen LogP contribution in [0.3, 0.4) is 0 Å². The molecule has 0 aliphatic carbocycles. The van der Waals surface area contributed by atoms with Gasteiger partial charge in [-0.25, -0.2) is 0 Å². The molecule has 0 spiro atoms. The normalized spacial score (nSPS) is 11.9. The monoisotopic (exact) mass is 170 g/mol. The first-order valence-electron chi connectivity index (χ1n) is 4.62. The Balaban J connectivity index is 3.96. The number of rotatable bonds is 6. The van der Waals surface area contributed by atoms with Crippen molar-refractivity contribution in [2.75, 3.05) is 0 Å². The van der Waals surface area contributed by atoms with E-state index in [0.717, 1.165) is 6.42 Å². The maximum absolute atomic E-state index is 5.48. The first kappa shape index (κ1) is 11.5. The zero-order valence-electron chi connectivity index (χ0n) is 8.02. The molecule has 0 N–H and O–H groups in total. The molecule has 11 heavy (non-hydrogen) atoms. The van der Waals surface area contributed by atoms with Crippen molar-refractivity contribution in [2.45, 2.75) is 58.5 Å². The Morgan fingerprint density at radius 2 is 1.55 bits per heavy atom. The van der Waals surface area contributed by atoms with Crippen LogP contribution in [0.5, 0.6) is 0 Å². The van der Waals surface area contributed by atoms with Gasteiger partial charge in [0.15, 0.2) is 0 Å². The molecule has 0 rings (SSSR count). The summed E-state index contributed by atoms with van der Waals surface area (Å²) in [5, 5.41) is 0. The van der Waals surface area contributed by atoms with E-state index in [1.807, 2.05) is 0 Å².